The third-order valence-electron chi connectivity index (χ3n) is 3.40. The molecule has 1 aromatic heterocycles. The summed E-state index contributed by atoms with van der Waals surface area (Å²) in [6.07, 6.45) is 6.15. The Bertz CT molecular complexity index is 486. The second kappa shape index (κ2) is 9.95. The molecule has 0 fully saturated rings. The lowest BCUT2D eigenvalue weighted by atomic mass is 9.99. The predicted molar refractivity (Wildman–Crippen MR) is 83.8 cm³/mol. The maximum atomic E-state index is 12.0. The molecule has 2 N–H and O–H groups in total. The first-order valence-electron chi connectivity index (χ1n) is 7.55. The van der Waals surface area contributed by atoms with Crippen LogP contribution in [0.15, 0.2) is 18.3 Å². The molecule has 0 spiro atoms. The van der Waals surface area contributed by atoms with E-state index in [2.05, 4.69) is 36.0 Å². The van der Waals surface area contributed by atoms with Crippen LogP contribution >= 0.6 is 0 Å². The van der Waals surface area contributed by atoms with Crippen LogP contribution in [0.4, 0.5) is 0 Å². The fourth-order valence-electron chi connectivity index (χ4n) is 2.01. The zero-order valence-electron chi connectivity index (χ0n) is 12.9. The fraction of sp³-hybridized carbons (Fsp3) is 0.529. The van der Waals surface area contributed by atoms with Crippen molar-refractivity contribution in [3.63, 3.8) is 0 Å². The van der Waals surface area contributed by atoms with Gasteiger partial charge in [-0.05, 0) is 24.5 Å². The normalized spacial score (nSPS) is 11.4. The Morgan fingerprint density at radius 3 is 2.81 bits per heavy atom. The Hall–Kier alpha value is -1.86. The number of hydrogen-bond acceptors (Lipinski definition) is 3. The van der Waals surface area contributed by atoms with Gasteiger partial charge in [0.2, 0.25) is 0 Å². The van der Waals surface area contributed by atoms with Gasteiger partial charge in [0, 0.05) is 18.3 Å². The molecular weight excluding hydrogens is 264 g/mol. The average molecular weight is 288 g/mol. The summed E-state index contributed by atoms with van der Waals surface area (Å²) in [5, 5.41) is 11.6. The van der Waals surface area contributed by atoms with Crippen molar-refractivity contribution in [3.8, 4) is 11.8 Å². The van der Waals surface area contributed by atoms with Crippen LogP contribution in [0.2, 0.25) is 0 Å². The highest BCUT2D eigenvalue weighted by atomic mass is 16.2. The number of carbonyl (C=O) groups is 1. The van der Waals surface area contributed by atoms with Crippen LogP contribution in [0.5, 0.6) is 0 Å². The molecule has 1 amide bonds. The Balaban J connectivity index is 2.51. The minimum Gasteiger partial charge on any atom is -0.384 e. The van der Waals surface area contributed by atoms with E-state index in [0.29, 0.717) is 23.7 Å². The summed E-state index contributed by atoms with van der Waals surface area (Å²) in [6.45, 7) is 4.84. The van der Waals surface area contributed by atoms with Crippen molar-refractivity contribution in [1.29, 1.82) is 0 Å². The van der Waals surface area contributed by atoms with Gasteiger partial charge >= 0.3 is 0 Å². The lowest BCUT2D eigenvalue weighted by molar-refractivity contribution is 0.0941. The molecule has 1 heterocycles. The van der Waals surface area contributed by atoms with Crippen LogP contribution in [-0.2, 0) is 0 Å². The van der Waals surface area contributed by atoms with Crippen molar-refractivity contribution in [2.75, 3.05) is 13.2 Å². The number of aliphatic hydroxyl groups is 1. The first kappa shape index (κ1) is 17.2. The van der Waals surface area contributed by atoms with Crippen molar-refractivity contribution < 1.29 is 9.90 Å². The van der Waals surface area contributed by atoms with Gasteiger partial charge in [-0.1, -0.05) is 45.0 Å². The highest BCUT2D eigenvalue weighted by Crippen LogP contribution is 2.11. The predicted octanol–water partition coefficient (Wildman–Crippen LogP) is 2.37. The van der Waals surface area contributed by atoms with E-state index in [9.17, 15) is 4.79 Å². The van der Waals surface area contributed by atoms with Crippen LogP contribution in [0.3, 0.4) is 0 Å². The summed E-state index contributed by atoms with van der Waals surface area (Å²) in [5.74, 6) is 5.68. The summed E-state index contributed by atoms with van der Waals surface area (Å²) >= 11 is 0. The van der Waals surface area contributed by atoms with Crippen LogP contribution in [0.25, 0.3) is 0 Å². The molecule has 21 heavy (non-hydrogen) atoms. The van der Waals surface area contributed by atoms with Crippen LogP contribution in [0.1, 0.15) is 55.6 Å². The van der Waals surface area contributed by atoms with Crippen LogP contribution < -0.4 is 5.32 Å². The number of hydrogen-bond donors (Lipinski definition) is 2. The first-order chi connectivity index (χ1) is 10.2. The molecule has 0 aromatic carbocycles. The van der Waals surface area contributed by atoms with Gasteiger partial charge in [-0.15, -0.1) is 0 Å². The van der Waals surface area contributed by atoms with Gasteiger partial charge in [-0.25, -0.2) is 4.98 Å². The lowest BCUT2D eigenvalue weighted by Gasteiger charge is -2.15. The molecule has 1 rings (SSSR count). The number of rotatable bonds is 7. The van der Waals surface area contributed by atoms with E-state index in [1.807, 2.05) is 0 Å². The van der Waals surface area contributed by atoms with Crippen molar-refractivity contribution in [2.45, 2.75) is 39.5 Å². The number of pyridine rings is 1. The second-order valence-electron chi connectivity index (χ2n) is 5.02. The molecular formula is C17H24N2O2. The number of aromatic nitrogens is 1. The largest absolute Gasteiger partial charge is 0.384 e. The summed E-state index contributed by atoms with van der Waals surface area (Å²) in [7, 11) is 0. The number of carbonyl (C=O) groups excluding carboxylic acids is 1. The van der Waals surface area contributed by atoms with Crippen molar-refractivity contribution in [3.05, 3.63) is 29.6 Å². The number of nitrogens with one attached hydrogen (secondary N) is 1. The molecule has 4 nitrogen and oxygen atoms in total. The van der Waals surface area contributed by atoms with Crippen LogP contribution in [-0.4, -0.2) is 29.1 Å². The van der Waals surface area contributed by atoms with Gasteiger partial charge in [0.1, 0.15) is 12.3 Å². The number of unbranched alkanes of at least 4 members (excludes halogenated alkanes) is 1. The van der Waals surface area contributed by atoms with Gasteiger partial charge in [0.25, 0.3) is 5.91 Å². The fourth-order valence-corrected chi connectivity index (χ4v) is 2.01. The maximum Gasteiger partial charge on any atom is 0.269 e. The summed E-state index contributed by atoms with van der Waals surface area (Å²) in [4.78, 5) is 16.1. The maximum absolute atomic E-state index is 12.0. The zero-order valence-corrected chi connectivity index (χ0v) is 12.9. The molecule has 0 saturated carbocycles. The molecule has 0 aliphatic heterocycles. The molecule has 1 atom stereocenters. The molecule has 0 aliphatic rings. The molecule has 114 valence electrons. The number of aliphatic hydroxyl groups excluding tert-OH is 1. The first-order valence-corrected chi connectivity index (χ1v) is 7.55. The molecule has 1 unspecified atom stereocenters. The second-order valence-corrected chi connectivity index (χ2v) is 5.02. The molecule has 0 aliphatic carbocycles. The Morgan fingerprint density at radius 2 is 2.24 bits per heavy atom. The third kappa shape index (κ3) is 6.42. The molecule has 4 heteroatoms. The van der Waals surface area contributed by atoms with E-state index in [1.165, 1.54) is 12.8 Å². The SMILES string of the molecule is CCCCC(CC)CNC(=O)c1ccc(C#CCO)cn1. The van der Waals surface area contributed by atoms with E-state index in [4.69, 9.17) is 5.11 Å². The van der Waals surface area contributed by atoms with Gasteiger partial charge in [-0.3, -0.25) is 4.79 Å². The van der Waals surface area contributed by atoms with Crippen LogP contribution in [0, 0.1) is 17.8 Å². The van der Waals surface area contributed by atoms with Gasteiger partial charge < -0.3 is 10.4 Å². The lowest BCUT2D eigenvalue weighted by Crippen LogP contribution is -2.29. The molecule has 0 saturated heterocycles. The van der Waals surface area contributed by atoms with Gasteiger partial charge in [0.05, 0.1) is 0 Å². The minimum atomic E-state index is -0.182. The Morgan fingerprint density at radius 1 is 1.43 bits per heavy atom. The van der Waals surface area contributed by atoms with E-state index < -0.39 is 0 Å². The van der Waals surface area contributed by atoms with Gasteiger partial charge in [0.15, 0.2) is 0 Å². The Labute approximate surface area is 127 Å². The average Bonchev–Trinajstić information content (AvgIpc) is 2.53. The standard InChI is InChI=1S/C17H24N2O2/c1-3-5-7-14(4-2)12-19-17(21)16-10-9-15(13-18-16)8-6-11-20/h9-10,13-14,20H,3-5,7,11-12H2,1-2H3,(H,19,21). The van der Waals surface area contributed by atoms with Crippen molar-refractivity contribution in [2.24, 2.45) is 5.92 Å². The summed E-state index contributed by atoms with van der Waals surface area (Å²) < 4.78 is 0. The minimum absolute atomic E-state index is 0.147. The third-order valence-corrected chi connectivity index (χ3v) is 3.40. The number of nitrogens with zero attached hydrogens (tertiary/aromatic N) is 1. The van der Waals surface area contributed by atoms with Crippen molar-refractivity contribution in [1.82, 2.24) is 10.3 Å². The van der Waals surface area contributed by atoms with Crippen molar-refractivity contribution >= 4 is 5.91 Å². The zero-order chi connectivity index (χ0) is 15.5. The molecule has 1 aromatic rings. The molecule has 0 bridgehead atoms. The topological polar surface area (TPSA) is 62.2 Å². The van der Waals surface area contributed by atoms with E-state index in [0.717, 1.165) is 12.8 Å². The summed E-state index contributed by atoms with van der Waals surface area (Å²) in [5.41, 5.74) is 1.09. The monoisotopic (exact) mass is 288 g/mol. The van der Waals surface area contributed by atoms with E-state index >= 15 is 0 Å². The number of amides is 1. The Kier molecular flexibility index (Phi) is 8.15. The quantitative estimate of drug-likeness (QED) is 0.757. The highest BCUT2D eigenvalue weighted by Gasteiger charge is 2.10. The summed E-state index contributed by atoms with van der Waals surface area (Å²) in [6, 6.07) is 3.39. The highest BCUT2D eigenvalue weighted by molar-refractivity contribution is 5.92. The van der Waals surface area contributed by atoms with E-state index in [-0.39, 0.29) is 12.5 Å². The molecule has 0 radical (unpaired) electrons. The van der Waals surface area contributed by atoms with Gasteiger partial charge in [-0.2, -0.15) is 0 Å². The smallest absolute Gasteiger partial charge is 0.269 e. The van der Waals surface area contributed by atoms with E-state index in [1.54, 1.807) is 18.3 Å².